The molecule has 15 aromatic carbocycles. The second kappa shape index (κ2) is 29.8. The Kier molecular flexibility index (Phi) is 18.5. The molecule has 0 bridgehead atoms. The third-order valence-corrected chi connectivity index (χ3v) is 19.1. The van der Waals surface area contributed by atoms with Crippen molar-refractivity contribution in [2.45, 2.75) is 0 Å². The first kappa shape index (κ1) is 63.3. The van der Waals surface area contributed by atoms with E-state index in [0.29, 0.717) is 0 Å². The topological polar surface area (TPSA) is 25.8 Å². The molecule has 0 aliphatic carbocycles. The van der Waals surface area contributed by atoms with Crippen LogP contribution in [0.25, 0.3) is 167 Å². The van der Waals surface area contributed by atoms with Gasteiger partial charge in [-0.15, -0.1) is 0 Å². The zero-order valence-corrected chi connectivity index (χ0v) is 56.3. The number of rotatable bonds is 15. The van der Waals surface area contributed by atoms with E-state index in [1.807, 2.05) is 0 Å². The first-order chi connectivity index (χ1) is 50.5. The van der Waals surface area contributed by atoms with Crippen LogP contribution < -0.4 is 0 Å². The van der Waals surface area contributed by atoms with Crippen molar-refractivity contribution in [3.63, 3.8) is 0 Å². The van der Waals surface area contributed by atoms with Gasteiger partial charge in [0.2, 0.25) is 0 Å². The van der Waals surface area contributed by atoms with Crippen LogP contribution in [-0.4, -0.2) is 9.97 Å². The summed E-state index contributed by atoms with van der Waals surface area (Å²) in [6, 6.07) is 151. The molecule has 17 aromatic rings. The van der Waals surface area contributed by atoms with Crippen LogP contribution in [0, 0.1) is 0 Å². The SMILES string of the molecule is c1ccc(-c2ccc(-c3ccc(-c4cc(-c5ccc(-c6ccccc6)cc5)cc(-c5ccc(-c6ccc(-c7ccccc7)cc6)cc5)n4)cc3)cc2)cc1.c1ccc(-c2ccc(-c3ccc(-c4cc(-c5ccccc5)cc(-c5ccc(-c6ccc(-c7ccccc7)cc6)cc5)n4)cc3)cc2)cc1. The van der Waals surface area contributed by atoms with Crippen LogP contribution in [-0.2, 0) is 0 Å². The second-order valence-electron chi connectivity index (χ2n) is 25.6. The summed E-state index contributed by atoms with van der Waals surface area (Å²) in [7, 11) is 0. The van der Waals surface area contributed by atoms with Gasteiger partial charge in [0.25, 0.3) is 0 Å². The van der Waals surface area contributed by atoms with E-state index in [1.54, 1.807) is 0 Å². The molecule has 0 aliphatic rings. The van der Waals surface area contributed by atoms with Gasteiger partial charge in [0.15, 0.2) is 0 Å². The first-order valence-electron chi connectivity index (χ1n) is 34.8. The van der Waals surface area contributed by atoms with E-state index >= 15 is 0 Å². The molecule has 0 unspecified atom stereocenters. The summed E-state index contributed by atoms with van der Waals surface area (Å²) in [5.74, 6) is 0. The molecule has 2 heteroatoms. The first-order valence-corrected chi connectivity index (χ1v) is 34.8. The number of hydrogen-bond donors (Lipinski definition) is 0. The summed E-state index contributed by atoms with van der Waals surface area (Å²) in [5.41, 5.74) is 34.5. The van der Waals surface area contributed by atoms with Crippen molar-refractivity contribution in [1.29, 1.82) is 0 Å². The zero-order chi connectivity index (χ0) is 68.2. The van der Waals surface area contributed by atoms with Crippen molar-refractivity contribution in [3.8, 4) is 167 Å². The minimum Gasteiger partial charge on any atom is -0.248 e. The molecule has 0 radical (unpaired) electrons. The molecule has 2 aromatic heterocycles. The smallest absolute Gasteiger partial charge is 0.0715 e. The lowest BCUT2D eigenvalue weighted by molar-refractivity contribution is 1.32. The quantitative estimate of drug-likeness (QED) is 0.102. The molecular weight excluding hydrogens is 1230 g/mol. The molecule has 0 atom stereocenters. The van der Waals surface area contributed by atoms with Crippen molar-refractivity contribution in [2.75, 3.05) is 0 Å². The highest BCUT2D eigenvalue weighted by Gasteiger charge is 2.15. The highest BCUT2D eigenvalue weighted by Crippen LogP contribution is 2.38. The maximum Gasteiger partial charge on any atom is 0.0715 e. The summed E-state index contributed by atoms with van der Waals surface area (Å²) in [6.07, 6.45) is 0. The van der Waals surface area contributed by atoms with Crippen LogP contribution in [0.3, 0.4) is 0 Å². The summed E-state index contributed by atoms with van der Waals surface area (Å²) in [4.78, 5) is 10.5. The molecule has 480 valence electrons. The predicted octanol–water partition coefficient (Wildman–Crippen LogP) is 27.2. The Morgan fingerprint density at radius 1 is 0.0882 bits per heavy atom. The molecular formula is C100H70N2. The van der Waals surface area contributed by atoms with Gasteiger partial charge in [-0.05, 0) is 147 Å². The minimum atomic E-state index is 0.946. The molecule has 102 heavy (non-hydrogen) atoms. The van der Waals surface area contributed by atoms with E-state index in [1.165, 1.54) is 106 Å². The summed E-state index contributed by atoms with van der Waals surface area (Å²) >= 11 is 0. The van der Waals surface area contributed by atoms with E-state index < -0.39 is 0 Å². The fourth-order valence-electron chi connectivity index (χ4n) is 13.4. The average molecular weight is 1300 g/mol. The molecule has 2 heterocycles. The zero-order valence-electron chi connectivity index (χ0n) is 56.3. The van der Waals surface area contributed by atoms with Gasteiger partial charge < -0.3 is 0 Å². The molecule has 0 amide bonds. The Bertz CT molecular complexity index is 5290. The Morgan fingerprint density at radius 2 is 0.186 bits per heavy atom. The van der Waals surface area contributed by atoms with Crippen molar-refractivity contribution >= 4 is 0 Å². The van der Waals surface area contributed by atoms with Crippen LogP contribution >= 0.6 is 0 Å². The third kappa shape index (κ3) is 14.6. The van der Waals surface area contributed by atoms with Crippen molar-refractivity contribution in [2.24, 2.45) is 0 Å². The molecule has 0 fully saturated rings. The van der Waals surface area contributed by atoms with Gasteiger partial charge in [-0.25, -0.2) is 9.97 Å². The predicted molar refractivity (Wildman–Crippen MR) is 430 cm³/mol. The van der Waals surface area contributed by atoms with Crippen LogP contribution in [0.1, 0.15) is 0 Å². The number of benzene rings is 15. The molecule has 0 saturated carbocycles. The highest BCUT2D eigenvalue weighted by molar-refractivity contribution is 5.83. The number of nitrogens with zero attached hydrogens (tertiary/aromatic N) is 2. The third-order valence-electron chi connectivity index (χ3n) is 19.1. The largest absolute Gasteiger partial charge is 0.248 e. The number of aromatic nitrogens is 2. The lowest BCUT2D eigenvalue weighted by Gasteiger charge is -2.12. The van der Waals surface area contributed by atoms with E-state index in [4.69, 9.17) is 9.97 Å². The van der Waals surface area contributed by atoms with E-state index in [2.05, 4.69) is 425 Å². The molecule has 0 saturated heterocycles. The summed E-state index contributed by atoms with van der Waals surface area (Å²) in [5, 5.41) is 0. The standard InChI is InChI=1S/C53H37N.C47H33N/c1-4-10-38(11-5-1)41-16-20-44(21-17-41)46-28-32-49(33-29-46)52-36-51(48-26-24-43(25-27-48)40-14-8-3-9-15-40)37-53(54-52)50-34-30-47(31-35-50)45-22-18-42(19-23-45)39-12-6-2-7-13-39;1-4-10-34(11-5-1)37-16-20-39(21-17-37)41-24-28-43(29-25-41)46-32-45(36-14-8-3-9-15-36)33-47(48-46)44-30-26-42(27-31-44)40-22-18-38(19-23-40)35-12-6-2-7-13-35/h1-37H;1-33H. The Morgan fingerprint density at radius 3 is 0.324 bits per heavy atom. The van der Waals surface area contributed by atoms with Gasteiger partial charge in [0, 0.05) is 22.3 Å². The van der Waals surface area contributed by atoms with E-state index in [0.717, 1.165) is 61.7 Å². The van der Waals surface area contributed by atoms with Crippen LogP contribution in [0.2, 0.25) is 0 Å². The van der Waals surface area contributed by atoms with Gasteiger partial charge in [-0.3, -0.25) is 0 Å². The minimum absolute atomic E-state index is 0.946. The Labute approximate surface area is 598 Å². The fourth-order valence-corrected chi connectivity index (χ4v) is 13.4. The summed E-state index contributed by atoms with van der Waals surface area (Å²) in [6.45, 7) is 0. The Hall–Kier alpha value is -13.4. The van der Waals surface area contributed by atoms with Gasteiger partial charge in [-0.1, -0.05) is 400 Å². The molecule has 0 N–H and O–H groups in total. The lowest BCUT2D eigenvalue weighted by atomic mass is 9.96. The maximum atomic E-state index is 5.26. The van der Waals surface area contributed by atoms with Crippen molar-refractivity contribution in [1.82, 2.24) is 9.97 Å². The summed E-state index contributed by atoms with van der Waals surface area (Å²) < 4.78 is 0. The monoisotopic (exact) mass is 1300 g/mol. The van der Waals surface area contributed by atoms with Gasteiger partial charge in [-0.2, -0.15) is 0 Å². The van der Waals surface area contributed by atoms with Gasteiger partial charge in [0.1, 0.15) is 0 Å². The van der Waals surface area contributed by atoms with Gasteiger partial charge >= 0.3 is 0 Å². The number of pyridine rings is 2. The molecule has 17 rings (SSSR count). The van der Waals surface area contributed by atoms with Crippen molar-refractivity contribution in [3.05, 3.63) is 425 Å². The molecule has 0 aliphatic heterocycles. The van der Waals surface area contributed by atoms with Crippen molar-refractivity contribution < 1.29 is 0 Å². The normalized spacial score (nSPS) is 10.9. The van der Waals surface area contributed by atoms with Crippen LogP contribution in [0.15, 0.2) is 425 Å². The van der Waals surface area contributed by atoms with Crippen LogP contribution in [0.4, 0.5) is 0 Å². The fraction of sp³-hybridized carbons (Fsp3) is 0. The second-order valence-corrected chi connectivity index (χ2v) is 25.6. The molecule has 2 nitrogen and oxygen atoms in total. The van der Waals surface area contributed by atoms with Gasteiger partial charge in [0.05, 0.1) is 22.8 Å². The van der Waals surface area contributed by atoms with E-state index in [-0.39, 0.29) is 0 Å². The number of hydrogen-bond acceptors (Lipinski definition) is 2. The highest BCUT2D eigenvalue weighted by atomic mass is 14.7. The lowest BCUT2D eigenvalue weighted by Crippen LogP contribution is -1.92. The maximum absolute atomic E-state index is 5.26. The Balaban J connectivity index is 0.000000159. The van der Waals surface area contributed by atoms with Crippen LogP contribution in [0.5, 0.6) is 0 Å². The molecule has 0 spiro atoms. The van der Waals surface area contributed by atoms with E-state index in [9.17, 15) is 0 Å². The average Bonchev–Trinajstić information content (AvgIpc) is 0.801.